The van der Waals surface area contributed by atoms with Crippen molar-refractivity contribution in [2.24, 2.45) is 0 Å². The summed E-state index contributed by atoms with van der Waals surface area (Å²) in [4.78, 5) is 22.6. The summed E-state index contributed by atoms with van der Waals surface area (Å²) in [6.45, 7) is 5.75. The quantitative estimate of drug-likeness (QED) is 0.727. The number of para-hydroxylation sites is 1. The maximum Gasteiger partial charge on any atom is 0.320 e. The highest BCUT2D eigenvalue weighted by Gasteiger charge is 2.38. The maximum atomic E-state index is 13.6. The molecule has 2 amide bonds. The largest absolute Gasteiger partial charge is 0.364 e. The Kier molecular flexibility index (Phi) is 6.00. The van der Waals surface area contributed by atoms with Gasteiger partial charge in [0.15, 0.2) is 0 Å². The minimum absolute atomic E-state index is 0.0968. The van der Waals surface area contributed by atoms with Crippen LogP contribution in [0.1, 0.15) is 30.4 Å². The molecule has 1 unspecified atom stereocenters. The first kappa shape index (κ1) is 20.8. The molecule has 6 heteroatoms. The lowest BCUT2D eigenvalue weighted by molar-refractivity contribution is 0.136. The van der Waals surface area contributed by atoms with Gasteiger partial charge in [0.2, 0.25) is 0 Å². The first-order valence-electron chi connectivity index (χ1n) is 11.8. The minimum Gasteiger partial charge on any atom is -0.364 e. The molecule has 1 saturated carbocycles. The monoisotopic (exact) mass is 429 g/mol. The highest BCUT2D eigenvalue weighted by molar-refractivity contribution is 5.76. The summed E-state index contributed by atoms with van der Waals surface area (Å²) in [5.74, 6) is 0. The van der Waals surface area contributed by atoms with Crippen molar-refractivity contribution in [1.82, 2.24) is 14.7 Å². The fourth-order valence-corrected chi connectivity index (χ4v) is 5.15. The lowest BCUT2D eigenvalue weighted by atomic mass is 10.1. The molecule has 3 aliphatic rings. The molecule has 2 heterocycles. The highest BCUT2D eigenvalue weighted by Crippen LogP contribution is 2.33. The molecule has 2 aliphatic heterocycles. The summed E-state index contributed by atoms with van der Waals surface area (Å²) in [6.07, 6.45) is 2.51. The first-order valence-corrected chi connectivity index (χ1v) is 11.8. The zero-order valence-corrected chi connectivity index (χ0v) is 18.6. The third-order valence-corrected chi connectivity index (χ3v) is 6.88. The second-order valence-corrected chi connectivity index (χ2v) is 9.19. The Balaban J connectivity index is 1.37. The molecule has 166 valence electrons. The van der Waals surface area contributed by atoms with E-state index in [0.29, 0.717) is 32.1 Å². The predicted molar refractivity (Wildman–Crippen MR) is 125 cm³/mol. The Hall–Kier alpha value is -3.04. The molecule has 32 heavy (non-hydrogen) atoms. The number of rotatable bonds is 5. The number of hydrogen-bond acceptors (Lipinski definition) is 4. The Bertz CT molecular complexity index is 983. The van der Waals surface area contributed by atoms with E-state index in [4.69, 9.17) is 5.26 Å². The molecule has 0 spiro atoms. The molecule has 2 fully saturated rings. The van der Waals surface area contributed by atoms with Crippen LogP contribution in [0.2, 0.25) is 0 Å². The summed E-state index contributed by atoms with van der Waals surface area (Å²) < 4.78 is 0. The van der Waals surface area contributed by atoms with Crippen LogP contribution < -0.4 is 4.90 Å². The topological polar surface area (TPSA) is 53.8 Å². The fourth-order valence-electron chi connectivity index (χ4n) is 5.15. The van der Waals surface area contributed by atoms with Crippen molar-refractivity contribution in [3.8, 4) is 6.07 Å². The van der Waals surface area contributed by atoms with E-state index in [9.17, 15) is 4.79 Å². The molecule has 1 saturated heterocycles. The number of anilines is 1. The summed E-state index contributed by atoms with van der Waals surface area (Å²) in [7, 11) is 0. The predicted octanol–water partition coefficient (Wildman–Crippen LogP) is 3.69. The van der Waals surface area contributed by atoms with Gasteiger partial charge in [-0.25, -0.2) is 4.79 Å². The SMILES string of the molecule is N#CCCN(C(=O)N1Cc2ccccc2N2CCN(Cc3ccccc3)CC2C1)C1CC1. The highest BCUT2D eigenvalue weighted by atomic mass is 16.2. The zero-order chi connectivity index (χ0) is 21.9. The Morgan fingerprint density at radius 2 is 1.81 bits per heavy atom. The number of hydrogen-bond donors (Lipinski definition) is 0. The second-order valence-electron chi connectivity index (χ2n) is 9.19. The number of benzene rings is 2. The van der Waals surface area contributed by atoms with Gasteiger partial charge in [-0.2, -0.15) is 5.26 Å². The molecular formula is C26H31N5O. The lowest BCUT2D eigenvalue weighted by Gasteiger charge is -2.43. The van der Waals surface area contributed by atoms with E-state index < -0.39 is 0 Å². The van der Waals surface area contributed by atoms with Gasteiger partial charge in [0.1, 0.15) is 0 Å². The second kappa shape index (κ2) is 9.22. The molecule has 0 radical (unpaired) electrons. The van der Waals surface area contributed by atoms with E-state index in [1.54, 1.807) is 0 Å². The number of carbonyl (C=O) groups excluding carboxylic acids is 1. The first-order chi connectivity index (χ1) is 15.7. The molecule has 2 aromatic rings. The van der Waals surface area contributed by atoms with Crippen LogP contribution in [0.4, 0.5) is 10.5 Å². The van der Waals surface area contributed by atoms with Crippen molar-refractivity contribution in [1.29, 1.82) is 5.26 Å². The number of nitrogens with zero attached hydrogens (tertiary/aromatic N) is 5. The molecule has 0 N–H and O–H groups in total. The third kappa shape index (κ3) is 4.44. The number of amides is 2. The summed E-state index contributed by atoms with van der Waals surface area (Å²) in [6, 6.07) is 22.1. The van der Waals surface area contributed by atoms with Crippen LogP contribution in [0.15, 0.2) is 54.6 Å². The van der Waals surface area contributed by atoms with Crippen LogP contribution in [-0.2, 0) is 13.1 Å². The molecular weight excluding hydrogens is 398 g/mol. The molecule has 5 rings (SSSR count). The van der Waals surface area contributed by atoms with Crippen molar-refractivity contribution in [3.63, 3.8) is 0 Å². The zero-order valence-electron chi connectivity index (χ0n) is 18.6. The average molecular weight is 430 g/mol. The number of piperazine rings is 1. The van der Waals surface area contributed by atoms with Gasteiger partial charge < -0.3 is 14.7 Å². The molecule has 1 aliphatic carbocycles. The van der Waals surface area contributed by atoms with Crippen molar-refractivity contribution in [2.45, 2.75) is 44.4 Å². The standard InChI is InChI=1S/C26H31N5O/c27-13-6-14-31(23-11-12-23)26(32)29-18-22-9-4-5-10-25(22)30-16-15-28(19-24(30)20-29)17-21-7-2-1-3-8-21/h1-5,7-10,23-24H,6,11-12,14-20H2. The summed E-state index contributed by atoms with van der Waals surface area (Å²) in [5.41, 5.74) is 3.82. The van der Waals surface area contributed by atoms with Crippen LogP contribution in [0.3, 0.4) is 0 Å². The third-order valence-electron chi connectivity index (χ3n) is 6.88. The molecule has 1 atom stereocenters. The lowest BCUT2D eigenvalue weighted by Crippen LogP contribution is -2.57. The number of nitriles is 1. The molecule has 0 bridgehead atoms. The van der Waals surface area contributed by atoms with Crippen LogP contribution in [0.25, 0.3) is 0 Å². The van der Waals surface area contributed by atoms with Gasteiger partial charge in [0.05, 0.1) is 18.5 Å². The van der Waals surface area contributed by atoms with Crippen LogP contribution >= 0.6 is 0 Å². The maximum absolute atomic E-state index is 13.6. The van der Waals surface area contributed by atoms with Gasteiger partial charge in [-0.3, -0.25) is 4.90 Å². The van der Waals surface area contributed by atoms with Crippen molar-refractivity contribution in [2.75, 3.05) is 37.6 Å². The molecule has 0 aromatic heterocycles. The Labute approximate surface area is 190 Å². The van der Waals surface area contributed by atoms with Crippen LogP contribution in [0.5, 0.6) is 0 Å². The summed E-state index contributed by atoms with van der Waals surface area (Å²) in [5, 5.41) is 9.08. The number of fused-ring (bicyclic) bond motifs is 3. The number of urea groups is 1. The van der Waals surface area contributed by atoms with Gasteiger partial charge in [-0.15, -0.1) is 0 Å². The molecule has 2 aromatic carbocycles. The number of carbonyl (C=O) groups is 1. The summed E-state index contributed by atoms with van der Waals surface area (Å²) >= 11 is 0. The van der Waals surface area contributed by atoms with Crippen LogP contribution in [-0.4, -0.2) is 65.5 Å². The fraction of sp³-hybridized carbons (Fsp3) is 0.462. The average Bonchev–Trinajstić information content (AvgIpc) is 3.66. The van der Waals surface area contributed by atoms with Gasteiger partial charge in [0, 0.05) is 57.5 Å². The van der Waals surface area contributed by atoms with Crippen LogP contribution in [0, 0.1) is 11.3 Å². The van der Waals surface area contributed by atoms with E-state index in [2.05, 4.69) is 70.5 Å². The van der Waals surface area contributed by atoms with Crippen molar-refractivity contribution >= 4 is 11.7 Å². The minimum atomic E-state index is 0.0968. The molecule has 6 nitrogen and oxygen atoms in total. The van der Waals surface area contributed by atoms with Gasteiger partial charge in [-0.1, -0.05) is 48.5 Å². The Morgan fingerprint density at radius 1 is 1.03 bits per heavy atom. The van der Waals surface area contributed by atoms with Gasteiger partial charge >= 0.3 is 6.03 Å². The smallest absolute Gasteiger partial charge is 0.320 e. The Morgan fingerprint density at radius 3 is 2.59 bits per heavy atom. The normalized spacial score (nSPS) is 20.7. The van der Waals surface area contributed by atoms with E-state index in [-0.39, 0.29) is 12.1 Å². The van der Waals surface area contributed by atoms with Gasteiger partial charge in [0.25, 0.3) is 0 Å². The van der Waals surface area contributed by atoms with E-state index in [0.717, 1.165) is 39.0 Å². The van der Waals surface area contributed by atoms with E-state index in [1.807, 2.05) is 9.80 Å². The van der Waals surface area contributed by atoms with E-state index >= 15 is 0 Å². The van der Waals surface area contributed by atoms with Gasteiger partial charge in [-0.05, 0) is 30.0 Å². The van der Waals surface area contributed by atoms with Crippen molar-refractivity contribution < 1.29 is 4.79 Å². The van der Waals surface area contributed by atoms with E-state index in [1.165, 1.54) is 16.8 Å². The van der Waals surface area contributed by atoms with Crippen molar-refractivity contribution in [3.05, 3.63) is 65.7 Å².